The van der Waals surface area contributed by atoms with E-state index in [4.69, 9.17) is 0 Å². The molecule has 1 aromatic rings. The standard InChI is InChI=1S/C14H20BrN3O2/c1-17-6-4-12(5-7-17)18(8-9-19)14(20)11-2-3-13(15)16-10-11/h2-3,10,12,19H,4-9H2,1H3. The number of halogens is 1. The van der Waals surface area contributed by atoms with Gasteiger partial charge in [0.2, 0.25) is 0 Å². The molecule has 1 saturated heterocycles. The lowest BCUT2D eigenvalue weighted by Gasteiger charge is -2.37. The van der Waals surface area contributed by atoms with Gasteiger partial charge < -0.3 is 14.9 Å². The van der Waals surface area contributed by atoms with Gasteiger partial charge in [0.15, 0.2) is 0 Å². The number of carbonyl (C=O) groups is 1. The molecule has 0 unspecified atom stereocenters. The van der Waals surface area contributed by atoms with Gasteiger partial charge in [0.05, 0.1) is 12.2 Å². The van der Waals surface area contributed by atoms with Crippen LogP contribution in [0.5, 0.6) is 0 Å². The fourth-order valence-electron chi connectivity index (χ4n) is 2.53. The largest absolute Gasteiger partial charge is 0.395 e. The molecule has 1 fully saturated rings. The Bertz CT molecular complexity index is 444. The molecule has 5 nitrogen and oxygen atoms in total. The van der Waals surface area contributed by atoms with E-state index in [-0.39, 0.29) is 18.6 Å². The van der Waals surface area contributed by atoms with Gasteiger partial charge in [-0.1, -0.05) is 0 Å². The molecule has 0 aliphatic carbocycles. The molecule has 0 bridgehead atoms. The average Bonchev–Trinajstić information content (AvgIpc) is 2.46. The second kappa shape index (κ2) is 7.15. The number of nitrogens with zero attached hydrogens (tertiary/aromatic N) is 3. The number of carbonyl (C=O) groups excluding carboxylic acids is 1. The maximum absolute atomic E-state index is 12.6. The Morgan fingerprint density at radius 2 is 2.20 bits per heavy atom. The summed E-state index contributed by atoms with van der Waals surface area (Å²) < 4.78 is 0.710. The first kappa shape index (κ1) is 15.4. The topological polar surface area (TPSA) is 56.7 Å². The zero-order valence-corrected chi connectivity index (χ0v) is 13.2. The Morgan fingerprint density at radius 1 is 1.50 bits per heavy atom. The minimum absolute atomic E-state index is 0.0119. The molecule has 20 heavy (non-hydrogen) atoms. The van der Waals surface area contributed by atoms with Crippen molar-refractivity contribution in [3.05, 3.63) is 28.5 Å². The highest BCUT2D eigenvalue weighted by Gasteiger charge is 2.27. The van der Waals surface area contributed by atoms with E-state index in [1.807, 2.05) is 0 Å². The molecule has 0 atom stereocenters. The van der Waals surface area contributed by atoms with E-state index >= 15 is 0 Å². The van der Waals surface area contributed by atoms with Crippen molar-refractivity contribution in [3.8, 4) is 0 Å². The quantitative estimate of drug-likeness (QED) is 0.840. The maximum atomic E-state index is 12.6. The van der Waals surface area contributed by atoms with Gasteiger partial charge in [-0.2, -0.15) is 0 Å². The summed E-state index contributed by atoms with van der Waals surface area (Å²) in [7, 11) is 2.09. The summed E-state index contributed by atoms with van der Waals surface area (Å²) in [4.78, 5) is 20.7. The van der Waals surface area contributed by atoms with Crippen LogP contribution in [0.3, 0.4) is 0 Å². The molecule has 0 aromatic carbocycles. The van der Waals surface area contributed by atoms with Crippen LogP contribution >= 0.6 is 15.9 Å². The molecule has 1 aromatic heterocycles. The molecule has 110 valence electrons. The lowest BCUT2D eigenvalue weighted by molar-refractivity contribution is 0.0539. The number of piperidine rings is 1. The van der Waals surface area contributed by atoms with E-state index < -0.39 is 0 Å². The van der Waals surface area contributed by atoms with Gasteiger partial charge in [-0.05, 0) is 61.0 Å². The van der Waals surface area contributed by atoms with Crippen LogP contribution in [0.2, 0.25) is 0 Å². The molecule has 6 heteroatoms. The van der Waals surface area contributed by atoms with Crippen LogP contribution in [0.4, 0.5) is 0 Å². The smallest absolute Gasteiger partial charge is 0.255 e. The fraction of sp³-hybridized carbons (Fsp3) is 0.571. The normalized spacial score (nSPS) is 17.1. The van der Waals surface area contributed by atoms with Crippen LogP contribution < -0.4 is 0 Å². The molecule has 0 spiro atoms. The summed E-state index contributed by atoms with van der Waals surface area (Å²) in [5.74, 6) is -0.0476. The number of rotatable bonds is 4. The monoisotopic (exact) mass is 341 g/mol. The summed E-state index contributed by atoms with van der Waals surface area (Å²) in [5, 5.41) is 9.23. The molecular weight excluding hydrogens is 322 g/mol. The van der Waals surface area contributed by atoms with Crippen LogP contribution in [0.1, 0.15) is 23.2 Å². The van der Waals surface area contributed by atoms with E-state index in [1.54, 1.807) is 23.2 Å². The van der Waals surface area contributed by atoms with Crippen molar-refractivity contribution in [3.63, 3.8) is 0 Å². The first-order valence-corrected chi connectivity index (χ1v) is 7.63. The van der Waals surface area contributed by atoms with Crippen LogP contribution in [-0.2, 0) is 0 Å². The second-order valence-corrected chi connectivity index (χ2v) is 5.94. The molecule has 1 aliphatic rings. The van der Waals surface area contributed by atoms with E-state index in [0.29, 0.717) is 16.7 Å². The van der Waals surface area contributed by atoms with Gasteiger partial charge in [-0.15, -0.1) is 0 Å². The van der Waals surface area contributed by atoms with Gasteiger partial charge in [0.25, 0.3) is 5.91 Å². The second-order valence-electron chi connectivity index (χ2n) is 5.13. The molecule has 2 rings (SSSR count). The maximum Gasteiger partial charge on any atom is 0.255 e. The van der Waals surface area contributed by atoms with Crippen LogP contribution in [0.25, 0.3) is 0 Å². The van der Waals surface area contributed by atoms with Crippen LogP contribution in [-0.4, -0.2) is 65.1 Å². The van der Waals surface area contributed by atoms with Crippen molar-refractivity contribution in [1.82, 2.24) is 14.8 Å². The molecular formula is C14H20BrN3O2. The molecule has 1 aliphatic heterocycles. The average molecular weight is 342 g/mol. The van der Waals surface area contributed by atoms with E-state index in [1.165, 1.54) is 0 Å². The Hall–Kier alpha value is -0.980. The van der Waals surface area contributed by atoms with Crippen molar-refractivity contribution < 1.29 is 9.90 Å². The Labute approximate surface area is 127 Å². The van der Waals surface area contributed by atoms with Crippen molar-refractivity contribution in [2.75, 3.05) is 33.3 Å². The van der Waals surface area contributed by atoms with Crippen molar-refractivity contribution in [1.29, 1.82) is 0 Å². The lowest BCUT2D eigenvalue weighted by Crippen LogP contribution is -2.47. The van der Waals surface area contributed by atoms with Gasteiger partial charge >= 0.3 is 0 Å². The predicted octanol–water partition coefficient (Wildman–Crippen LogP) is 1.37. The summed E-state index contributed by atoms with van der Waals surface area (Å²) in [6, 6.07) is 3.73. The Morgan fingerprint density at radius 3 is 2.75 bits per heavy atom. The number of aliphatic hydroxyl groups is 1. The molecule has 2 heterocycles. The van der Waals surface area contributed by atoms with Gasteiger partial charge in [-0.25, -0.2) is 4.98 Å². The van der Waals surface area contributed by atoms with Crippen molar-refractivity contribution >= 4 is 21.8 Å². The molecule has 1 amide bonds. The van der Waals surface area contributed by atoms with E-state index in [9.17, 15) is 9.90 Å². The molecule has 0 radical (unpaired) electrons. The summed E-state index contributed by atoms with van der Waals surface area (Å²) in [5.41, 5.74) is 0.570. The van der Waals surface area contributed by atoms with Gasteiger partial charge in [0, 0.05) is 18.8 Å². The fourth-order valence-corrected chi connectivity index (χ4v) is 2.77. The third kappa shape index (κ3) is 3.77. The van der Waals surface area contributed by atoms with E-state index in [0.717, 1.165) is 25.9 Å². The molecule has 0 saturated carbocycles. The Kier molecular flexibility index (Phi) is 5.51. The third-order valence-corrected chi connectivity index (χ3v) is 4.17. The molecule has 1 N–H and O–H groups in total. The van der Waals surface area contributed by atoms with Crippen molar-refractivity contribution in [2.24, 2.45) is 0 Å². The minimum atomic E-state index is -0.0476. The highest BCUT2D eigenvalue weighted by atomic mass is 79.9. The summed E-state index contributed by atoms with van der Waals surface area (Å²) in [6.07, 6.45) is 3.48. The van der Waals surface area contributed by atoms with Crippen LogP contribution in [0.15, 0.2) is 22.9 Å². The number of amides is 1. The van der Waals surface area contributed by atoms with Crippen molar-refractivity contribution in [2.45, 2.75) is 18.9 Å². The number of hydrogen-bond acceptors (Lipinski definition) is 4. The van der Waals surface area contributed by atoms with E-state index in [2.05, 4.69) is 32.9 Å². The first-order chi connectivity index (χ1) is 9.61. The number of aromatic nitrogens is 1. The zero-order chi connectivity index (χ0) is 14.5. The van der Waals surface area contributed by atoms with Crippen LogP contribution in [0, 0.1) is 0 Å². The van der Waals surface area contributed by atoms with Gasteiger partial charge in [0.1, 0.15) is 4.60 Å². The SMILES string of the molecule is CN1CCC(N(CCO)C(=O)c2ccc(Br)nc2)CC1. The first-order valence-electron chi connectivity index (χ1n) is 6.83. The zero-order valence-electron chi connectivity index (χ0n) is 11.6. The number of likely N-dealkylation sites (tertiary alicyclic amines) is 1. The predicted molar refractivity (Wildman–Crippen MR) is 80.6 cm³/mol. The third-order valence-electron chi connectivity index (χ3n) is 3.70. The summed E-state index contributed by atoms with van der Waals surface area (Å²) in [6.45, 7) is 2.34. The minimum Gasteiger partial charge on any atom is -0.395 e. The highest BCUT2D eigenvalue weighted by Crippen LogP contribution is 2.18. The lowest BCUT2D eigenvalue weighted by atomic mass is 10.0. The number of aliphatic hydroxyl groups excluding tert-OH is 1. The van der Waals surface area contributed by atoms with Gasteiger partial charge in [-0.3, -0.25) is 4.79 Å². The highest BCUT2D eigenvalue weighted by molar-refractivity contribution is 9.10. The Balaban J connectivity index is 2.11. The number of pyridine rings is 1. The summed E-state index contributed by atoms with van der Waals surface area (Å²) >= 11 is 3.26. The number of hydrogen-bond donors (Lipinski definition) is 1.